The quantitative estimate of drug-likeness (QED) is 0.858. The summed E-state index contributed by atoms with van der Waals surface area (Å²) in [6, 6.07) is 9.78. The normalized spacial score (nSPS) is 10.2. The zero-order valence-corrected chi connectivity index (χ0v) is 11.0. The molecule has 0 aliphatic carbocycles. The van der Waals surface area contributed by atoms with E-state index in [1.165, 1.54) is 0 Å². The van der Waals surface area contributed by atoms with Gasteiger partial charge in [0.25, 0.3) is 0 Å². The summed E-state index contributed by atoms with van der Waals surface area (Å²) < 4.78 is 5.26. The Morgan fingerprint density at radius 1 is 1.32 bits per heavy atom. The summed E-state index contributed by atoms with van der Waals surface area (Å²) in [4.78, 5) is 10.4. The molecule has 2 rings (SSSR count). The number of hydrogen-bond donors (Lipinski definition) is 1. The smallest absolute Gasteiger partial charge is 0.136 e. The molecule has 0 saturated carbocycles. The SMILES string of the molecule is COc1cccc(N(CCCN)c2ccncn2)c1. The fourth-order valence-corrected chi connectivity index (χ4v) is 1.85. The van der Waals surface area contributed by atoms with E-state index in [2.05, 4.69) is 14.9 Å². The van der Waals surface area contributed by atoms with E-state index >= 15 is 0 Å². The monoisotopic (exact) mass is 258 g/mol. The molecule has 1 aromatic carbocycles. The molecule has 1 aromatic heterocycles. The molecule has 0 unspecified atom stereocenters. The summed E-state index contributed by atoms with van der Waals surface area (Å²) in [7, 11) is 1.66. The standard InChI is InChI=1S/C14H18N4O/c1-19-13-5-2-4-12(10-13)18(9-3-7-15)14-6-8-16-11-17-14/h2,4-6,8,10-11H,3,7,9,15H2,1H3. The Morgan fingerprint density at radius 3 is 2.89 bits per heavy atom. The molecule has 19 heavy (non-hydrogen) atoms. The highest BCUT2D eigenvalue weighted by atomic mass is 16.5. The fraction of sp³-hybridized carbons (Fsp3) is 0.286. The number of methoxy groups -OCH3 is 1. The van der Waals surface area contributed by atoms with Gasteiger partial charge in [-0.05, 0) is 31.2 Å². The number of aromatic nitrogens is 2. The lowest BCUT2D eigenvalue weighted by Gasteiger charge is -2.23. The molecule has 0 spiro atoms. The lowest BCUT2D eigenvalue weighted by molar-refractivity contribution is 0.415. The topological polar surface area (TPSA) is 64.3 Å². The highest BCUT2D eigenvalue weighted by Gasteiger charge is 2.10. The van der Waals surface area contributed by atoms with Gasteiger partial charge in [-0.25, -0.2) is 9.97 Å². The minimum atomic E-state index is 0.644. The van der Waals surface area contributed by atoms with Crippen molar-refractivity contribution in [3.05, 3.63) is 42.9 Å². The van der Waals surface area contributed by atoms with Crippen LogP contribution in [0.3, 0.4) is 0 Å². The Morgan fingerprint density at radius 2 is 2.21 bits per heavy atom. The maximum absolute atomic E-state index is 5.60. The van der Waals surface area contributed by atoms with Gasteiger partial charge in [0.1, 0.15) is 17.9 Å². The van der Waals surface area contributed by atoms with Crippen LogP contribution in [0.4, 0.5) is 11.5 Å². The second-order valence-electron chi connectivity index (χ2n) is 4.06. The molecule has 0 atom stereocenters. The summed E-state index contributed by atoms with van der Waals surface area (Å²) in [6.07, 6.45) is 4.17. The summed E-state index contributed by atoms with van der Waals surface area (Å²) in [5, 5.41) is 0. The van der Waals surface area contributed by atoms with Crippen LogP contribution in [0, 0.1) is 0 Å². The Balaban J connectivity index is 2.31. The van der Waals surface area contributed by atoms with Crippen LogP contribution >= 0.6 is 0 Å². The van der Waals surface area contributed by atoms with Crippen molar-refractivity contribution in [3.8, 4) is 5.75 Å². The van der Waals surface area contributed by atoms with Crippen LogP contribution in [-0.2, 0) is 0 Å². The van der Waals surface area contributed by atoms with Crippen molar-refractivity contribution in [2.24, 2.45) is 5.73 Å². The fourth-order valence-electron chi connectivity index (χ4n) is 1.85. The summed E-state index contributed by atoms with van der Waals surface area (Å²) in [5.74, 6) is 1.68. The van der Waals surface area contributed by atoms with Crippen molar-refractivity contribution >= 4 is 11.5 Å². The first kappa shape index (κ1) is 13.3. The van der Waals surface area contributed by atoms with E-state index in [1.54, 1.807) is 19.6 Å². The van der Waals surface area contributed by atoms with E-state index in [1.807, 2.05) is 30.3 Å². The molecule has 1 heterocycles. The molecule has 0 fully saturated rings. The second kappa shape index (κ2) is 6.70. The highest BCUT2D eigenvalue weighted by Crippen LogP contribution is 2.26. The van der Waals surface area contributed by atoms with Crippen molar-refractivity contribution in [1.29, 1.82) is 0 Å². The Bertz CT molecular complexity index is 504. The summed E-state index contributed by atoms with van der Waals surface area (Å²) >= 11 is 0. The van der Waals surface area contributed by atoms with Crippen LogP contribution in [0.2, 0.25) is 0 Å². The third kappa shape index (κ3) is 3.42. The molecule has 2 N–H and O–H groups in total. The van der Waals surface area contributed by atoms with Crippen molar-refractivity contribution in [2.45, 2.75) is 6.42 Å². The van der Waals surface area contributed by atoms with E-state index in [9.17, 15) is 0 Å². The average molecular weight is 258 g/mol. The van der Waals surface area contributed by atoms with Gasteiger partial charge >= 0.3 is 0 Å². The van der Waals surface area contributed by atoms with Crippen molar-refractivity contribution < 1.29 is 4.74 Å². The molecule has 0 saturated heterocycles. The van der Waals surface area contributed by atoms with Gasteiger partial charge in [0.2, 0.25) is 0 Å². The van der Waals surface area contributed by atoms with Crippen molar-refractivity contribution in [1.82, 2.24) is 9.97 Å². The van der Waals surface area contributed by atoms with Crippen LogP contribution in [0.25, 0.3) is 0 Å². The third-order valence-corrected chi connectivity index (χ3v) is 2.79. The van der Waals surface area contributed by atoms with E-state index in [0.717, 1.165) is 30.2 Å². The van der Waals surface area contributed by atoms with Crippen LogP contribution in [0.1, 0.15) is 6.42 Å². The molecule has 5 heteroatoms. The molecule has 0 aliphatic heterocycles. The van der Waals surface area contributed by atoms with E-state index in [4.69, 9.17) is 10.5 Å². The van der Waals surface area contributed by atoms with Gasteiger partial charge in [0.05, 0.1) is 7.11 Å². The van der Waals surface area contributed by atoms with Gasteiger partial charge in [-0.15, -0.1) is 0 Å². The maximum Gasteiger partial charge on any atom is 0.136 e. The van der Waals surface area contributed by atoms with Crippen LogP contribution in [-0.4, -0.2) is 30.2 Å². The zero-order valence-electron chi connectivity index (χ0n) is 11.0. The number of nitrogens with two attached hydrogens (primary N) is 1. The van der Waals surface area contributed by atoms with Gasteiger partial charge in [-0.1, -0.05) is 6.07 Å². The molecule has 0 amide bonds. The minimum Gasteiger partial charge on any atom is -0.497 e. The number of benzene rings is 1. The Hall–Kier alpha value is -2.14. The van der Waals surface area contributed by atoms with Crippen molar-refractivity contribution in [3.63, 3.8) is 0 Å². The molecule has 0 bridgehead atoms. The molecule has 100 valence electrons. The van der Waals surface area contributed by atoms with Crippen LogP contribution in [0.5, 0.6) is 5.75 Å². The highest BCUT2D eigenvalue weighted by molar-refractivity contribution is 5.61. The van der Waals surface area contributed by atoms with E-state index in [-0.39, 0.29) is 0 Å². The lowest BCUT2D eigenvalue weighted by Crippen LogP contribution is -2.21. The molecular formula is C14H18N4O. The average Bonchev–Trinajstić information content (AvgIpc) is 2.49. The zero-order chi connectivity index (χ0) is 13.5. The van der Waals surface area contributed by atoms with Crippen molar-refractivity contribution in [2.75, 3.05) is 25.1 Å². The summed E-state index contributed by atoms with van der Waals surface area (Å²) in [5.41, 5.74) is 6.64. The lowest BCUT2D eigenvalue weighted by atomic mass is 10.2. The van der Waals surface area contributed by atoms with E-state index < -0.39 is 0 Å². The van der Waals surface area contributed by atoms with Gasteiger partial charge in [-0.3, -0.25) is 0 Å². The number of rotatable bonds is 6. The van der Waals surface area contributed by atoms with Gasteiger partial charge < -0.3 is 15.4 Å². The first-order valence-corrected chi connectivity index (χ1v) is 6.23. The number of nitrogens with zero attached hydrogens (tertiary/aromatic N) is 3. The maximum atomic E-state index is 5.60. The number of hydrogen-bond acceptors (Lipinski definition) is 5. The Kier molecular flexibility index (Phi) is 4.69. The predicted molar refractivity (Wildman–Crippen MR) is 75.7 cm³/mol. The largest absolute Gasteiger partial charge is 0.497 e. The second-order valence-corrected chi connectivity index (χ2v) is 4.06. The third-order valence-electron chi connectivity index (χ3n) is 2.79. The van der Waals surface area contributed by atoms with E-state index in [0.29, 0.717) is 6.54 Å². The Labute approximate surface area is 113 Å². The molecular weight excluding hydrogens is 240 g/mol. The van der Waals surface area contributed by atoms with Crippen LogP contribution in [0.15, 0.2) is 42.9 Å². The predicted octanol–water partition coefficient (Wildman–Crippen LogP) is 1.97. The van der Waals surface area contributed by atoms with Crippen LogP contribution < -0.4 is 15.4 Å². The minimum absolute atomic E-state index is 0.644. The van der Waals surface area contributed by atoms with Gasteiger partial charge in [0.15, 0.2) is 0 Å². The molecule has 5 nitrogen and oxygen atoms in total. The molecule has 0 radical (unpaired) electrons. The van der Waals surface area contributed by atoms with Gasteiger partial charge in [0, 0.05) is 24.5 Å². The van der Waals surface area contributed by atoms with Gasteiger partial charge in [-0.2, -0.15) is 0 Å². The number of ether oxygens (including phenoxy) is 1. The first-order valence-electron chi connectivity index (χ1n) is 6.23. The molecule has 0 aliphatic rings. The number of anilines is 2. The first-order chi connectivity index (χ1) is 9.35. The molecule has 2 aromatic rings. The summed E-state index contributed by atoms with van der Waals surface area (Å²) in [6.45, 7) is 1.45.